The first-order valence-electron chi connectivity index (χ1n) is 5.48. The van der Waals surface area contributed by atoms with Gasteiger partial charge in [-0.25, -0.2) is 4.79 Å². The van der Waals surface area contributed by atoms with Gasteiger partial charge in [-0.15, -0.1) is 0 Å². The van der Waals surface area contributed by atoms with E-state index in [1.807, 2.05) is 0 Å². The minimum absolute atomic E-state index is 0.201. The van der Waals surface area contributed by atoms with Crippen molar-refractivity contribution in [3.05, 3.63) is 34.9 Å². The quantitative estimate of drug-likeness (QED) is 0.597. The zero-order chi connectivity index (χ0) is 13.7. The Labute approximate surface area is 105 Å². The lowest BCUT2D eigenvalue weighted by atomic mass is 10.1. The highest BCUT2D eigenvalue weighted by molar-refractivity contribution is 5.99. The van der Waals surface area contributed by atoms with E-state index in [1.54, 1.807) is 21.0 Å². The van der Waals surface area contributed by atoms with E-state index in [0.717, 1.165) is 0 Å². The highest BCUT2D eigenvalue weighted by Crippen LogP contribution is 2.12. The van der Waals surface area contributed by atoms with Crippen molar-refractivity contribution in [1.82, 2.24) is 4.90 Å². The van der Waals surface area contributed by atoms with Crippen LogP contribution in [0.3, 0.4) is 0 Å². The van der Waals surface area contributed by atoms with Gasteiger partial charge in [-0.1, -0.05) is 0 Å². The standard InChI is InChI=1S/C13H15NO4/c1-4-18-13(17)11-6-9(8-15)5-10(7-11)12(16)14(2)3/h5-8H,4H2,1-3H3. The lowest BCUT2D eigenvalue weighted by Gasteiger charge is -2.11. The minimum Gasteiger partial charge on any atom is -0.462 e. The van der Waals surface area contributed by atoms with Crippen molar-refractivity contribution in [1.29, 1.82) is 0 Å². The summed E-state index contributed by atoms with van der Waals surface area (Å²) in [7, 11) is 3.19. The van der Waals surface area contributed by atoms with Gasteiger partial charge in [0.05, 0.1) is 12.2 Å². The van der Waals surface area contributed by atoms with Crippen LogP contribution < -0.4 is 0 Å². The predicted octanol–water partition coefficient (Wildman–Crippen LogP) is 1.38. The number of aldehydes is 1. The van der Waals surface area contributed by atoms with Crippen LogP contribution in [0.15, 0.2) is 18.2 Å². The average Bonchev–Trinajstić information content (AvgIpc) is 2.37. The Kier molecular flexibility index (Phi) is 4.59. The number of benzene rings is 1. The Hall–Kier alpha value is -2.17. The summed E-state index contributed by atoms with van der Waals surface area (Å²) in [4.78, 5) is 35.6. The summed E-state index contributed by atoms with van der Waals surface area (Å²) in [5.74, 6) is -0.821. The highest BCUT2D eigenvalue weighted by atomic mass is 16.5. The fraction of sp³-hybridized carbons (Fsp3) is 0.308. The molecule has 0 spiro atoms. The molecule has 0 aromatic heterocycles. The van der Waals surface area contributed by atoms with Gasteiger partial charge in [0.1, 0.15) is 6.29 Å². The van der Waals surface area contributed by atoms with Gasteiger partial charge in [0.15, 0.2) is 0 Å². The highest BCUT2D eigenvalue weighted by Gasteiger charge is 2.14. The smallest absolute Gasteiger partial charge is 0.338 e. The topological polar surface area (TPSA) is 63.7 Å². The number of carbonyl (C=O) groups is 3. The summed E-state index contributed by atoms with van der Waals surface area (Å²) >= 11 is 0. The van der Waals surface area contributed by atoms with E-state index in [1.165, 1.54) is 23.1 Å². The molecule has 0 bridgehead atoms. The van der Waals surface area contributed by atoms with E-state index in [9.17, 15) is 14.4 Å². The maximum Gasteiger partial charge on any atom is 0.338 e. The largest absolute Gasteiger partial charge is 0.462 e. The molecule has 5 nitrogen and oxygen atoms in total. The number of carbonyl (C=O) groups excluding carboxylic acids is 3. The van der Waals surface area contributed by atoms with Gasteiger partial charge in [-0.2, -0.15) is 0 Å². The molecule has 0 saturated carbocycles. The lowest BCUT2D eigenvalue weighted by molar-refractivity contribution is 0.0526. The summed E-state index contributed by atoms with van der Waals surface area (Å²) in [5, 5.41) is 0. The molecule has 1 aromatic rings. The van der Waals surface area contributed by atoms with E-state index in [4.69, 9.17) is 4.74 Å². The number of nitrogens with zero attached hydrogens (tertiary/aromatic N) is 1. The molecular weight excluding hydrogens is 234 g/mol. The van der Waals surface area contributed by atoms with Crippen molar-refractivity contribution in [3.63, 3.8) is 0 Å². The number of hydrogen-bond donors (Lipinski definition) is 0. The molecule has 18 heavy (non-hydrogen) atoms. The number of esters is 1. The van der Waals surface area contributed by atoms with Crippen LogP contribution in [0.2, 0.25) is 0 Å². The van der Waals surface area contributed by atoms with Gasteiger partial charge in [-0.05, 0) is 25.1 Å². The van der Waals surface area contributed by atoms with Crippen LogP contribution in [0.4, 0.5) is 0 Å². The first-order valence-corrected chi connectivity index (χ1v) is 5.48. The third kappa shape index (κ3) is 3.16. The Morgan fingerprint density at radius 2 is 1.83 bits per heavy atom. The second kappa shape index (κ2) is 5.95. The molecule has 0 radical (unpaired) electrons. The Bertz CT molecular complexity index is 480. The SMILES string of the molecule is CCOC(=O)c1cc(C=O)cc(C(=O)N(C)C)c1. The van der Waals surface area contributed by atoms with Crippen molar-refractivity contribution >= 4 is 18.2 Å². The fourth-order valence-corrected chi connectivity index (χ4v) is 1.43. The number of rotatable bonds is 4. The Morgan fingerprint density at radius 3 is 2.33 bits per heavy atom. The normalized spacial score (nSPS) is 9.72. The van der Waals surface area contributed by atoms with Crippen molar-refractivity contribution in [2.75, 3.05) is 20.7 Å². The maximum absolute atomic E-state index is 11.8. The minimum atomic E-state index is -0.547. The zero-order valence-electron chi connectivity index (χ0n) is 10.6. The lowest BCUT2D eigenvalue weighted by Crippen LogP contribution is -2.22. The Morgan fingerprint density at radius 1 is 1.22 bits per heavy atom. The molecule has 0 unspecified atom stereocenters. The molecule has 1 amide bonds. The summed E-state index contributed by atoms with van der Waals surface area (Å²) in [5.41, 5.74) is 0.755. The third-order valence-corrected chi connectivity index (χ3v) is 2.26. The summed E-state index contributed by atoms with van der Waals surface area (Å²) in [6.07, 6.45) is 0.592. The van der Waals surface area contributed by atoms with Crippen LogP contribution in [0, 0.1) is 0 Å². The average molecular weight is 249 g/mol. The molecule has 0 aliphatic rings. The van der Waals surface area contributed by atoms with Crippen molar-refractivity contribution in [2.45, 2.75) is 6.92 Å². The van der Waals surface area contributed by atoms with Gasteiger partial charge in [0, 0.05) is 25.2 Å². The predicted molar refractivity (Wildman–Crippen MR) is 65.8 cm³/mol. The van der Waals surface area contributed by atoms with Gasteiger partial charge in [0.2, 0.25) is 0 Å². The van der Waals surface area contributed by atoms with Gasteiger partial charge in [0.25, 0.3) is 5.91 Å². The van der Waals surface area contributed by atoms with Gasteiger partial charge in [-0.3, -0.25) is 9.59 Å². The monoisotopic (exact) mass is 249 g/mol. The summed E-state index contributed by atoms with van der Waals surface area (Å²) in [6.45, 7) is 1.93. The van der Waals surface area contributed by atoms with Gasteiger partial charge < -0.3 is 9.64 Å². The van der Waals surface area contributed by atoms with Gasteiger partial charge >= 0.3 is 5.97 Å². The van der Waals surface area contributed by atoms with Crippen LogP contribution in [-0.2, 0) is 4.74 Å². The molecule has 0 saturated heterocycles. The van der Waals surface area contributed by atoms with Crippen LogP contribution in [0.1, 0.15) is 38.0 Å². The van der Waals surface area contributed by atoms with Crippen molar-refractivity contribution < 1.29 is 19.1 Å². The molecule has 96 valence electrons. The summed E-state index contributed by atoms with van der Waals surface area (Å²) in [6, 6.07) is 4.27. The van der Waals surface area contributed by atoms with Crippen LogP contribution in [0.5, 0.6) is 0 Å². The van der Waals surface area contributed by atoms with Crippen LogP contribution in [0.25, 0.3) is 0 Å². The van der Waals surface area contributed by atoms with E-state index in [0.29, 0.717) is 6.29 Å². The molecule has 1 rings (SSSR count). The number of hydrogen-bond acceptors (Lipinski definition) is 4. The Balaban J connectivity index is 3.21. The van der Waals surface area contributed by atoms with Crippen LogP contribution in [-0.4, -0.2) is 43.8 Å². The maximum atomic E-state index is 11.8. The van der Waals surface area contributed by atoms with E-state index >= 15 is 0 Å². The summed E-state index contributed by atoms with van der Waals surface area (Å²) < 4.78 is 4.84. The van der Waals surface area contributed by atoms with Crippen LogP contribution >= 0.6 is 0 Å². The molecule has 0 aliphatic heterocycles. The molecule has 0 fully saturated rings. The molecule has 5 heteroatoms. The van der Waals surface area contributed by atoms with Crippen molar-refractivity contribution in [2.24, 2.45) is 0 Å². The van der Waals surface area contributed by atoms with E-state index in [-0.39, 0.29) is 29.2 Å². The first-order chi connectivity index (χ1) is 8.49. The van der Waals surface area contributed by atoms with Crippen molar-refractivity contribution in [3.8, 4) is 0 Å². The zero-order valence-corrected chi connectivity index (χ0v) is 10.6. The molecule has 0 aliphatic carbocycles. The number of ether oxygens (including phenoxy) is 1. The molecule has 1 aromatic carbocycles. The third-order valence-electron chi connectivity index (χ3n) is 2.26. The fourth-order valence-electron chi connectivity index (χ4n) is 1.43. The van der Waals surface area contributed by atoms with E-state index in [2.05, 4.69) is 0 Å². The second-order valence-electron chi connectivity index (χ2n) is 3.88. The molecule has 0 N–H and O–H groups in total. The first kappa shape index (κ1) is 13.9. The second-order valence-corrected chi connectivity index (χ2v) is 3.88. The molecule has 0 heterocycles. The van der Waals surface area contributed by atoms with E-state index < -0.39 is 5.97 Å². The molecular formula is C13H15NO4. The number of amides is 1. The molecule has 0 atom stereocenters.